The minimum Gasteiger partial charge on any atom is -0.338 e. The van der Waals surface area contributed by atoms with Gasteiger partial charge in [0.1, 0.15) is 6.04 Å². The van der Waals surface area contributed by atoms with Gasteiger partial charge in [0.25, 0.3) is 5.56 Å². The maximum atomic E-state index is 12.9. The number of rotatable bonds is 5. The summed E-state index contributed by atoms with van der Waals surface area (Å²) in [5.41, 5.74) is 1.96. The number of nitrogens with zero attached hydrogens (tertiary/aromatic N) is 3. The molecule has 136 valence electrons. The number of para-hydroxylation sites is 1. The minimum atomic E-state index is -0.713. The molecule has 0 aliphatic carbocycles. The second-order valence-electron chi connectivity index (χ2n) is 6.58. The van der Waals surface area contributed by atoms with Crippen LogP contribution in [-0.2, 0) is 11.2 Å². The highest BCUT2D eigenvalue weighted by Gasteiger charge is 2.28. The first-order valence-corrected chi connectivity index (χ1v) is 8.66. The van der Waals surface area contributed by atoms with E-state index in [1.165, 1.54) is 10.9 Å². The number of carbonyl (C=O) groups is 1. The van der Waals surface area contributed by atoms with Gasteiger partial charge < -0.3 is 4.52 Å². The number of benzene rings is 1. The third-order valence-corrected chi connectivity index (χ3v) is 4.46. The van der Waals surface area contributed by atoms with Gasteiger partial charge in [-0.1, -0.05) is 38.1 Å². The zero-order valence-electron chi connectivity index (χ0n) is 15.3. The monoisotopic (exact) mass is 354 g/mol. The van der Waals surface area contributed by atoms with E-state index in [-0.39, 0.29) is 17.4 Å². The van der Waals surface area contributed by atoms with Crippen LogP contribution in [0.15, 0.2) is 39.9 Å². The van der Waals surface area contributed by atoms with Crippen LogP contribution < -0.4 is 10.9 Å². The van der Waals surface area contributed by atoms with Crippen molar-refractivity contribution in [3.05, 3.63) is 52.2 Å². The highest BCUT2D eigenvalue weighted by Crippen LogP contribution is 2.23. The Kier molecular flexibility index (Phi) is 4.88. The highest BCUT2D eigenvalue weighted by molar-refractivity contribution is 5.93. The van der Waals surface area contributed by atoms with Crippen LogP contribution in [0.1, 0.15) is 38.1 Å². The lowest BCUT2D eigenvalue weighted by Crippen LogP contribution is -2.36. The van der Waals surface area contributed by atoms with Crippen LogP contribution in [0.25, 0.3) is 10.9 Å². The topological polar surface area (TPSA) is 90.0 Å². The molecule has 2 heterocycles. The van der Waals surface area contributed by atoms with E-state index in [0.717, 1.165) is 11.3 Å². The quantitative estimate of drug-likeness (QED) is 0.760. The third-order valence-electron chi connectivity index (χ3n) is 4.46. The molecule has 26 heavy (non-hydrogen) atoms. The Balaban J connectivity index is 2.01. The predicted octanol–water partition coefficient (Wildman–Crippen LogP) is 3.09. The van der Waals surface area contributed by atoms with Crippen LogP contribution >= 0.6 is 0 Å². The molecule has 0 aliphatic heterocycles. The molecule has 1 amide bonds. The Hall–Kier alpha value is -2.96. The molecular formula is C19H22N4O3. The van der Waals surface area contributed by atoms with E-state index in [1.54, 1.807) is 18.2 Å². The van der Waals surface area contributed by atoms with Gasteiger partial charge >= 0.3 is 0 Å². The minimum absolute atomic E-state index is 0.121. The summed E-state index contributed by atoms with van der Waals surface area (Å²) in [4.78, 5) is 30.1. The van der Waals surface area contributed by atoms with Crippen molar-refractivity contribution in [1.29, 1.82) is 0 Å². The number of aryl methyl sites for hydroxylation is 1. The smallest absolute Gasteiger partial charge is 0.261 e. The molecule has 1 N–H and O–H groups in total. The molecule has 7 nitrogen and oxygen atoms in total. The number of carbonyl (C=O) groups excluding carboxylic acids is 1. The lowest BCUT2D eigenvalue weighted by Gasteiger charge is -2.22. The van der Waals surface area contributed by atoms with Crippen molar-refractivity contribution in [2.75, 3.05) is 5.32 Å². The molecule has 1 atom stereocenters. The molecule has 0 aliphatic rings. The number of anilines is 1. The van der Waals surface area contributed by atoms with Gasteiger partial charge in [-0.25, -0.2) is 4.98 Å². The summed E-state index contributed by atoms with van der Waals surface area (Å²) in [6.07, 6.45) is 2.12. The number of hydrogen-bond acceptors (Lipinski definition) is 5. The highest BCUT2D eigenvalue weighted by atomic mass is 16.5. The summed E-state index contributed by atoms with van der Waals surface area (Å²) in [7, 11) is 0. The summed E-state index contributed by atoms with van der Waals surface area (Å²) in [5.74, 6) is -0.114. The fourth-order valence-corrected chi connectivity index (χ4v) is 3.12. The fraction of sp³-hybridized carbons (Fsp3) is 0.368. The van der Waals surface area contributed by atoms with Crippen LogP contribution in [0.4, 0.5) is 5.88 Å². The molecule has 1 unspecified atom stereocenters. The van der Waals surface area contributed by atoms with Gasteiger partial charge in [-0.05, 0) is 31.4 Å². The summed E-state index contributed by atoms with van der Waals surface area (Å²) in [6.45, 7) is 7.57. The number of hydrogen-bond donors (Lipinski definition) is 1. The average molecular weight is 354 g/mol. The van der Waals surface area contributed by atoms with E-state index in [0.29, 0.717) is 23.2 Å². The van der Waals surface area contributed by atoms with Gasteiger partial charge in [-0.2, -0.15) is 0 Å². The molecule has 0 saturated carbocycles. The molecule has 3 rings (SSSR count). The number of amides is 1. The Morgan fingerprint density at radius 1 is 1.31 bits per heavy atom. The van der Waals surface area contributed by atoms with Crippen molar-refractivity contribution in [2.24, 2.45) is 5.92 Å². The van der Waals surface area contributed by atoms with Gasteiger partial charge in [-0.3, -0.25) is 19.5 Å². The Bertz CT molecular complexity index is 1000. The van der Waals surface area contributed by atoms with E-state index in [9.17, 15) is 9.59 Å². The first-order chi connectivity index (χ1) is 12.4. The van der Waals surface area contributed by atoms with Crippen molar-refractivity contribution >= 4 is 22.7 Å². The van der Waals surface area contributed by atoms with Gasteiger partial charge in [0, 0.05) is 5.56 Å². The number of nitrogens with one attached hydrogen (secondary N) is 1. The molecule has 3 aromatic rings. The van der Waals surface area contributed by atoms with Crippen molar-refractivity contribution in [3.63, 3.8) is 0 Å². The second kappa shape index (κ2) is 7.11. The zero-order valence-corrected chi connectivity index (χ0v) is 15.3. The van der Waals surface area contributed by atoms with Crippen molar-refractivity contribution in [2.45, 2.75) is 40.2 Å². The molecule has 1 aromatic carbocycles. The molecule has 0 radical (unpaired) electrons. The largest absolute Gasteiger partial charge is 0.338 e. The van der Waals surface area contributed by atoms with Crippen LogP contribution in [0.5, 0.6) is 0 Å². The summed E-state index contributed by atoms with van der Waals surface area (Å²) >= 11 is 0. The molecule has 0 fully saturated rings. The van der Waals surface area contributed by atoms with Crippen LogP contribution in [0, 0.1) is 12.8 Å². The first kappa shape index (κ1) is 17.8. The first-order valence-electron chi connectivity index (χ1n) is 8.66. The number of fused-ring (bicyclic) bond motifs is 1. The van der Waals surface area contributed by atoms with Crippen LogP contribution in [0.3, 0.4) is 0 Å². The van der Waals surface area contributed by atoms with E-state index < -0.39 is 6.04 Å². The van der Waals surface area contributed by atoms with E-state index >= 15 is 0 Å². The van der Waals surface area contributed by atoms with E-state index in [1.807, 2.05) is 33.8 Å². The molecule has 2 aromatic heterocycles. The van der Waals surface area contributed by atoms with Crippen molar-refractivity contribution < 1.29 is 9.32 Å². The third kappa shape index (κ3) is 3.12. The lowest BCUT2D eigenvalue weighted by molar-refractivity contribution is -0.120. The van der Waals surface area contributed by atoms with Crippen LogP contribution in [0.2, 0.25) is 0 Å². The van der Waals surface area contributed by atoms with Gasteiger partial charge in [0.2, 0.25) is 11.8 Å². The number of aromatic nitrogens is 3. The SMILES string of the molecule is CCc1c(C)noc1NC(=O)C(C(C)C)n1cnc2ccccc2c1=O. The van der Waals surface area contributed by atoms with E-state index in [4.69, 9.17) is 4.52 Å². The van der Waals surface area contributed by atoms with E-state index in [2.05, 4.69) is 15.5 Å². The fourth-order valence-electron chi connectivity index (χ4n) is 3.12. The zero-order chi connectivity index (χ0) is 18.8. The molecule has 0 bridgehead atoms. The Morgan fingerprint density at radius 3 is 2.73 bits per heavy atom. The maximum absolute atomic E-state index is 12.9. The maximum Gasteiger partial charge on any atom is 0.261 e. The summed E-state index contributed by atoms with van der Waals surface area (Å²) in [5, 5.41) is 7.17. The Morgan fingerprint density at radius 2 is 2.04 bits per heavy atom. The summed E-state index contributed by atoms with van der Waals surface area (Å²) in [6, 6.07) is 6.38. The molecular weight excluding hydrogens is 332 g/mol. The van der Waals surface area contributed by atoms with Gasteiger partial charge in [-0.15, -0.1) is 0 Å². The molecule has 0 saturated heterocycles. The molecule has 7 heteroatoms. The van der Waals surface area contributed by atoms with Crippen molar-refractivity contribution in [3.8, 4) is 0 Å². The van der Waals surface area contributed by atoms with Gasteiger partial charge in [0.15, 0.2) is 0 Å². The Labute approximate surface area is 151 Å². The van der Waals surface area contributed by atoms with Crippen LogP contribution in [-0.4, -0.2) is 20.6 Å². The molecule has 0 spiro atoms. The predicted molar refractivity (Wildman–Crippen MR) is 99.1 cm³/mol. The van der Waals surface area contributed by atoms with Crippen molar-refractivity contribution in [1.82, 2.24) is 14.7 Å². The standard InChI is InChI=1S/C19H22N4O3/c1-5-13-12(4)22-26-18(13)21-17(24)16(11(2)3)23-10-20-15-9-7-6-8-14(15)19(23)25/h6-11,16H,5H2,1-4H3,(H,21,24). The lowest BCUT2D eigenvalue weighted by atomic mass is 10.0. The summed E-state index contributed by atoms with van der Waals surface area (Å²) < 4.78 is 6.62. The normalized spacial score (nSPS) is 12.5. The average Bonchev–Trinajstić information content (AvgIpc) is 2.96. The second-order valence-corrected chi connectivity index (χ2v) is 6.58. The van der Waals surface area contributed by atoms with Gasteiger partial charge in [0.05, 0.1) is 22.9 Å².